The van der Waals surface area contributed by atoms with Crippen molar-refractivity contribution in [2.75, 3.05) is 13.1 Å². The number of likely N-dealkylation sites (tertiary alicyclic amines) is 1. The molecule has 31 heavy (non-hydrogen) atoms. The number of nitrogens with zero attached hydrogens (tertiary/aromatic N) is 3. The summed E-state index contributed by atoms with van der Waals surface area (Å²) in [6.45, 7) is 0.958. The molecule has 2 atom stereocenters. The second-order valence-electron chi connectivity index (χ2n) is 9.35. The normalized spacial score (nSPS) is 24.2. The van der Waals surface area contributed by atoms with E-state index in [1.54, 1.807) is 23.1 Å². The van der Waals surface area contributed by atoms with E-state index in [0.717, 1.165) is 0 Å². The first-order valence-corrected chi connectivity index (χ1v) is 10.7. The summed E-state index contributed by atoms with van der Waals surface area (Å²) in [5, 5.41) is 12.1. The molecular formula is C22H27F2N5O2. The standard InChI is InChI=1S/C22H27F2N5O2/c23-22(24,11-15-3-1-2-8-27-15)12-16(18(30)28-21(14-25)4-5-21)17-13-20(17)6-9-29(10-7-20)19(26)31/h1-3,8,16-17H,4-7,9-13H2,(H2,26,31)(H,28,30)/t16-,17?/m0/s1. The van der Waals surface area contributed by atoms with Gasteiger partial charge in [0.15, 0.2) is 0 Å². The van der Waals surface area contributed by atoms with Gasteiger partial charge in [-0.25, -0.2) is 13.6 Å². The number of piperidine rings is 1. The van der Waals surface area contributed by atoms with Crippen molar-refractivity contribution >= 4 is 11.9 Å². The van der Waals surface area contributed by atoms with Crippen LogP contribution in [0, 0.1) is 28.6 Å². The minimum Gasteiger partial charge on any atom is -0.351 e. The first-order chi connectivity index (χ1) is 14.7. The van der Waals surface area contributed by atoms with Gasteiger partial charge >= 0.3 is 6.03 Å². The number of rotatable bonds is 7. The number of nitrogens with one attached hydrogen (secondary N) is 1. The Balaban J connectivity index is 1.48. The number of halogens is 2. The minimum absolute atomic E-state index is 0.188. The lowest BCUT2D eigenvalue weighted by Crippen LogP contribution is -2.45. The van der Waals surface area contributed by atoms with Crippen LogP contribution < -0.4 is 11.1 Å². The van der Waals surface area contributed by atoms with Crippen molar-refractivity contribution in [3.05, 3.63) is 30.1 Å². The van der Waals surface area contributed by atoms with Gasteiger partial charge < -0.3 is 16.0 Å². The fourth-order valence-corrected chi connectivity index (χ4v) is 4.99. The van der Waals surface area contributed by atoms with Crippen LogP contribution in [0.15, 0.2) is 24.4 Å². The molecule has 1 aromatic heterocycles. The molecule has 2 saturated carbocycles. The van der Waals surface area contributed by atoms with Gasteiger partial charge in [-0.05, 0) is 55.6 Å². The topological polar surface area (TPSA) is 112 Å². The molecule has 3 amide bonds. The average Bonchev–Trinajstić information content (AvgIpc) is 3.64. The Kier molecular flexibility index (Phi) is 5.36. The number of alkyl halides is 2. The summed E-state index contributed by atoms with van der Waals surface area (Å²) >= 11 is 0. The number of aromatic nitrogens is 1. The summed E-state index contributed by atoms with van der Waals surface area (Å²) < 4.78 is 30.0. The second-order valence-corrected chi connectivity index (χ2v) is 9.35. The number of pyridine rings is 1. The highest BCUT2D eigenvalue weighted by Crippen LogP contribution is 2.64. The van der Waals surface area contributed by atoms with E-state index < -0.39 is 42.2 Å². The third-order valence-electron chi connectivity index (χ3n) is 7.16. The molecule has 1 saturated heterocycles. The summed E-state index contributed by atoms with van der Waals surface area (Å²) in [5.41, 5.74) is 4.52. The van der Waals surface area contributed by atoms with Crippen LogP contribution in [0.3, 0.4) is 0 Å². The molecule has 1 spiro atoms. The molecule has 0 bridgehead atoms. The molecule has 0 radical (unpaired) electrons. The molecular weight excluding hydrogens is 404 g/mol. The lowest BCUT2D eigenvalue weighted by molar-refractivity contribution is -0.131. The van der Waals surface area contributed by atoms with E-state index in [0.29, 0.717) is 45.2 Å². The molecule has 3 aliphatic rings. The highest BCUT2D eigenvalue weighted by atomic mass is 19.3. The van der Waals surface area contributed by atoms with E-state index in [1.165, 1.54) is 6.20 Å². The van der Waals surface area contributed by atoms with Crippen LogP contribution in [0.4, 0.5) is 13.6 Å². The predicted molar refractivity (Wildman–Crippen MR) is 108 cm³/mol. The molecule has 1 aromatic rings. The highest BCUT2D eigenvalue weighted by Gasteiger charge is 2.61. The fourth-order valence-electron chi connectivity index (χ4n) is 4.99. The molecule has 9 heteroatoms. The predicted octanol–water partition coefficient (Wildman–Crippen LogP) is 2.62. The molecule has 166 valence electrons. The van der Waals surface area contributed by atoms with E-state index in [4.69, 9.17) is 5.73 Å². The molecule has 7 nitrogen and oxygen atoms in total. The molecule has 4 rings (SSSR count). The Morgan fingerprint density at radius 2 is 2.03 bits per heavy atom. The number of hydrogen-bond donors (Lipinski definition) is 2. The monoisotopic (exact) mass is 431 g/mol. The zero-order valence-electron chi connectivity index (χ0n) is 17.3. The van der Waals surface area contributed by atoms with Gasteiger partial charge in [-0.3, -0.25) is 9.78 Å². The smallest absolute Gasteiger partial charge is 0.314 e. The summed E-state index contributed by atoms with van der Waals surface area (Å²) in [6.07, 6.45) is 3.45. The quantitative estimate of drug-likeness (QED) is 0.691. The first kappa shape index (κ1) is 21.5. The van der Waals surface area contributed by atoms with Crippen LogP contribution in [0.2, 0.25) is 0 Å². The first-order valence-electron chi connectivity index (χ1n) is 10.7. The zero-order chi connectivity index (χ0) is 22.3. The average molecular weight is 431 g/mol. The molecule has 1 aliphatic heterocycles. The van der Waals surface area contributed by atoms with Crippen molar-refractivity contribution in [2.24, 2.45) is 23.0 Å². The molecule has 3 fully saturated rings. The molecule has 2 aliphatic carbocycles. The fraction of sp³-hybridized carbons (Fsp3) is 0.636. The Labute approximate surface area is 180 Å². The van der Waals surface area contributed by atoms with Crippen LogP contribution in [0.5, 0.6) is 0 Å². The van der Waals surface area contributed by atoms with Gasteiger partial charge in [0.05, 0.1) is 12.5 Å². The van der Waals surface area contributed by atoms with Gasteiger partial charge in [0.1, 0.15) is 5.54 Å². The molecule has 2 heterocycles. The number of primary amides is 1. The molecule has 1 unspecified atom stereocenters. The number of carbonyl (C=O) groups is 2. The van der Waals surface area contributed by atoms with Crippen molar-refractivity contribution in [1.82, 2.24) is 15.2 Å². The summed E-state index contributed by atoms with van der Waals surface area (Å²) in [6, 6.07) is 6.50. The van der Waals surface area contributed by atoms with Crippen LogP contribution in [0.1, 0.15) is 44.2 Å². The van der Waals surface area contributed by atoms with E-state index >= 15 is 8.78 Å². The largest absolute Gasteiger partial charge is 0.351 e. The van der Waals surface area contributed by atoms with Gasteiger partial charge in [-0.2, -0.15) is 5.26 Å². The Bertz CT molecular complexity index is 889. The van der Waals surface area contributed by atoms with Gasteiger partial charge in [0, 0.05) is 37.3 Å². The minimum atomic E-state index is -3.10. The zero-order valence-corrected chi connectivity index (χ0v) is 17.3. The van der Waals surface area contributed by atoms with Crippen LogP contribution in [0.25, 0.3) is 0 Å². The van der Waals surface area contributed by atoms with E-state index in [2.05, 4.69) is 16.4 Å². The van der Waals surface area contributed by atoms with Gasteiger partial charge in [-0.1, -0.05) is 6.07 Å². The number of nitriles is 1. The van der Waals surface area contributed by atoms with Crippen LogP contribution in [-0.2, 0) is 11.2 Å². The maximum atomic E-state index is 15.0. The van der Waals surface area contributed by atoms with Gasteiger partial charge in [0.2, 0.25) is 5.91 Å². The Morgan fingerprint density at radius 1 is 1.32 bits per heavy atom. The van der Waals surface area contributed by atoms with Gasteiger partial charge in [-0.15, -0.1) is 0 Å². The summed E-state index contributed by atoms with van der Waals surface area (Å²) in [7, 11) is 0. The van der Waals surface area contributed by atoms with Crippen LogP contribution >= 0.6 is 0 Å². The van der Waals surface area contributed by atoms with Crippen molar-refractivity contribution < 1.29 is 18.4 Å². The van der Waals surface area contributed by atoms with Gasteiger partial charge in [0.25, 0.3) is 5.92 Å². The Morgan fingerprint density at radius 3 is 2.58 bits per heavy atom. The molecule has 0 aromatic carbocycles. The van der Waals surface area contributed by atoms with E-state index in [-0.39, 0.29) is 17.0 Å². The molecule has 3 N–H and O–H groups in total. The number of nitrogens with two attached hydrogens (primary N) is 1. The van der Waals surface area contributed by atoms with Crippen LogP contribution in [-0.4, -0.2) is 46.4 Å². The number of carbonyl (C=O) groups excluding carboxylic acids is 2. The number of urea groups is 1. The van der Waals surface area contributed by atoms with Crippen molar-refractivity contribution in [3.63, 3.8) is 0 Å². The maximum absolute atomic E-state index is 15.0. The number of amides is 3. The lowest BCUT2D eigenvalue weighted by Gasteiger charge is -2.33. The second kappa shape index (κ2) is 7.74. The van der Waals surface area contributed by atoms with Crippen molar-refractivity contribution in [2.45, 2.75) is 56.4 Å². The highest BCUT2D eigenvalue weighted by molar-refractivity contribution is 5.81. The van der Waals surface area contributed by atoms with Crippen molar-refractivity contribution in [3.8, 4) is 6.07 Å². The number of hydrogen-bond acceptors (Lipinski definition) is 4. The Hall–Kier alpha value is -2.76. The SMILES string of the molecule is N#CC1(NC(=O)[C@@H](CC(F)(F)Cc2ccccn2)C2CC23CCN(C(N)=O)CC3)CC1. The summed E-state index contributed by atoms with van der Waals surface area (Å²) in [4.78, 5) is 30.0. The summed E-state index contributed by atoms with van der Waals surface area (Å²) in [5.74, 6) is -4.63. The third-order valence-corrected chi connectivity index (χ3v) is 7.16. The van der Waals surface area contributed by atoms with E-state index in [9.17, 15) is 14.9 Å². The maximum Gasteiger partial charge on any atom is 0.314 e. The van der Waals surface area contributed by atoms with Crippen molar-refractivity contribution in [1.29, 1.82) is 5.26 Å². The third kappa shape index (κ3) is 4.63. The lowest BCUT2D eigenvalue weighted by atomic mass is 9.83. The van der Waals surface area contributed by atoms with E-state index in [1.807, 2.05) is 0 Å².